The molecule has 0 aromatic carbocycles. The number of pyridine rings is 1. The summed E-state index contributed by atoms with van der Waals surface area (Å²) in [5.74, 6) is 2.22. The number of aromatic nitrogens is 1. The van der Waals surface area contributed by atoms with E-state index in [0.717, 1.165) is 38.7 Å². The second kappa shape index (κ2) is 6.52. The van der Waals surface area contributed by atoms with Gasteiger partial charge in [-0.2, -0.15) is 0 Å². The van der Waals surface area contributed by atoms with Gasteiger partial charge in [-0.15, -0.1) is 0 Å². The van der Waals surface area contributed by atoms with Crippen molar-refractivity contribution >= 4 is 5.82 Å². The second-order valence-electron chi connectivity index (χ2n) is 6.69. The summed E-state index contributed by atoms with van der Waals surface area (Å²) in [5.41, 5.74) is 0. The molecule has 4 rings (SSSR count). The van der Waals surface area contributed by atoms with Crippen molar-refractivity contribution in [1.82, 2.24) is 9.88 Å². The first-order chi connectivity index (χ1) is 10.9. The van der Waals surface area contributed by atoms with Gasteiger partial charge in [0.15, 0.2) is 0 Å². The molecule has 0 aliphatic carbocycles. The van der Waals surface area contributed by atoms with Crippen LogP contribution in [0.15, 0.2) is 24.4 Å². The maximum absolute atomic E-state index is 6.07. The fraction of sp³-hybridized carbons (Fsp3) is 0.706. The molecule has 5 nitrogen and oxygen atoms in total. The van der Waals surface area contributed by atoms with Crippen molar-refractivity contribution in [3.05, 3.63) is 24.4 Å². The third kappa shape index (κ3) is 2.98. The van der Waals surface area contributed by atoms with E-state index in [1.54, 1.807) is 0 Å². The van der Waals surface area contributed by atoms with E-state index >= 15 is 0 Å². The van der Waals surface area contributed by atoms with Crippen LogP contribution in [0.1, 0.15) is 12.8 Å². The molecule has 4 heterocycles. The van der Waals surface area contributed by atoms with Crippen molar-refractivity contribution in [2.45, 2.75) is 25.0 Å². The van der Waals surface area contributed by atoms with E-state index in [4.69, 9.17) is 9.47 Å². The number of ether oxygens (including phenoxy) is 2. The molecule has 0 bridgehead atoms. The predicted octanol–water partition coefficient (Wildman–Crippen LogP) is 1.62. The molecule has 3 saturated heterocycles. The van der Waals surface area contributed by atoms with Gasteiger partial charge in [0, 0.05) is 56.9 Å². The topological polar surface area (TPSA) is 46.6 Å². The normalized spacial score (nSPS) is 33.0. The van der Waals surface area contributed by atoms with E-state index in [0.29, 0.717) is 24.0 Å². The van der Waals surface area contributed by atoms with E-state index in [9.17, 15) is 0 Å². The van der Waals surface area contributed by atoms with Gasteiger partial charge in [-0.25, -0.2) is 4.98 Å². The molecule has 0 radical (unpaired) electrons. The molecular formula is C17H25N3O2. The van der Waals surface area contributed by atoms with Crippen LogP contribution < -0.4 is 5.32 Å². The van der Waals surface area contributed by atoms with Gasteiger partial charge < -0.3 is 14.8 Å². The van der Waals surface area contributed by atoms with Crippen LogP contribution in [0.3, 0.4) is 0 Å². The monoisotopic (exact) mass is 303 g/mol. The summed E-state index contributed by atoms with van der Waals surface area (Å²) in [6.07, 6.45) is 4.61. The molecule has 1 aromatic rings. The Morgan fingerprint density at radius 1 is 1.23 bits per heavy atom. The van der Waals surface area contributed by atoms with Crippen molar-refractivity contribution in [3.8, 4) is 0 Å². The van der Waals surface area contributed by atoms with Crippen LogP contribution in [-0.4, -0.2) is 61.5 Å². The summed E-state index contributed by atoms with van der Waals surface area (Å²) in [4.78, 5) is 6.98. The van der Waals surface area contributed by atoms with Gasteiger partial charge in [-0.1, -0.05) is 6.07 Å². The molecule has 0 saturated carbocycles. The summed E-state index contributed by atoms with van der Waals surface area (Å²) in [6.45, 7) is 5.97. The highest BCUT2D eigenvalue weighted by Crippen LogP contribution is 2.35. The minimum atomic E-state index is 0.429. The third-order valence-electron chi connectivity index (χ3n) is 5.38. The van der Waals surface area contributed by atoms with Crippen LogP contribution in [0, 0.1) is 11.8 Å². The lowest BCUT2D eigenvalue weighted by atomic mass is 9.93. The van der Waals surface area contributed by atoms with Gasteiger partial charge in [0.2, 0.25) is 0 Å². The van der Waals surface area contributed by atoms with Gasteiger partial charge in [0.05, 0.1) is 12.7 Å². The molecule has 0 unspecified atom stereocenters. The maximum Gasteiger partial charge on any atom is 0.125 e. The Labute approximate surface area is 132 Å². The fourth-order valence-electron chi connectivity index (χ4n) is 4.09. The summed E-state index contributed by atoms with van der Waals surface area (Å²) < 4.78 is 11.6. The molecule has 5 heteroatoms. The molecule has 120 valence electrons. The van der Waals surface area contributed by atoms with Crippen LogP contribution in [0.4, 0.5) is 5.82 Å². The molecule has 3 aliphatic heterocycles. The van der Waals surface area contributed by atoms with Gasteiger partial charge in [0.1, 0.15) is 5.82 Å². The van der Waals surface area contributed by atoms with E-state index in [1.807, 2.05) is 24.4 Å². The average molecular weight is 303 g/mol. The molecule has 3 atom stereocenters. The van der Waals surface area contributed by atoms with E-state index in [2.05, 4.69) is 15.2 Å². The van der Waals surface area contributed by atoms with Crippen LogP contribution in [0.25, 0.3) is 0 Å². The minimum Gasteiger partial charge on any atom is -0.381 e. The van der Waals surface area contributed by atoms with Crippen LogP contribution in [0.2, 0.25) is 0 Å². The number of nitrogens with one attached hydrogen (secondary N) is 1. The highest BCUT2D eigenvalue weighted by molar-refractivity contribution is 5.33. The first-order valence-electron chi connectivity index (χ1n) is 8.48. The molecular weight excluding hydrogens is 278 g/mol. The first kappa shape index (κ1) is 14.4. The number of rotatable bonds is 4. The van der Waals surface area contributed by atoms with Crippen molar-refractivity contribution in [2.24, 2.45) is 11.8 Å². The standard InChI is InChI=1S/C17H25N3O2/c1-2-6-18-17(3-1)19-9-13-12-22-16-11-20(10-15(13)16)14-4-7-21-8-5-14/h1-3,6,13-16H,4-5,7-12H2,(H,18,19)/t13-,15+,16+/m0/s1. The number of likely N-dealkylation sites (tertiary alicyclic amines) is 1. The molecule has 3 fully saturated rings. The Kier molecular flexibility index (Phi) is 4.28. The van der Waals surface area contributed by atoms with Crippen LogP contribution >= 0.6 is 0 Å². The Morgan fingerprint density at radius 2 is 2.14 bits per heavy atom. The highest BCUT2D eigenvalue weighted by Gasteiger charge is 2.45. The molecule has 0 spiro atoms. The zero-order chi connectivity index (χ0) is 14.8. The Morgan fingerprint density at radius 3 is 2.95 bits per heavy atom. The van der Waals surface area contributed by atoms with Crippen LogP contribution in [0.5, 0.6) is 0 Å². The SMILES string of the molecule is c1ccc(NC[C@H]2CO[C@@H]3CN(C4CCOCC4)C[C@H]23)nc1. The van der Waals surface area contributed by atoms with E-state index in [-0.39, 0.29) is 0 Å². The predicted molar refractivity (Wildman–Crippen MR) is 84.9 cm³/mol. The first-order valence-corrected chi connectivity index (χ1v) is 8.48. The quantitative estimate of drug-likeness (QED) is 0.916. The number of hydrogen-bond donors (Lipinski definition) is 1. The second-order valence-corrected chi connectivity index (χ2v) is 6.69. The summed E-state index contributed by atoms with van der Waals surface area (Å²) >= 11 is 0. The number of hydrogen-bond acceptors (Lipinski definition) is 5. The lowest BCUT2D eigenvalue weighted by Gasteiger charge is -2.31. The van der Waals surface area contributed by atoms with Crippen molar-refractivity contribution in [3.63, 3.8) is 0 Å². The zero-order valence-electron chi connectivity index (χ0n) is 13.0. The van der Waals surface area contributed by atoms with E-state index < -0.39 is 0 Å². The zero-order valence-corrected chi connectivity index (χ0v) is 13.0. The largest absolute Gasteiger partial charge is 0.381 e. The molecule has 1 aromatic heterocycles. The average Bonchev–Trinajstić information content (AvgIpc) is 3.16. The number of nitrogens with zero attached hydrogens (tertiary/aromatic N) is 2. The van der Waals surface area contributed by atoms with Gasteiger partial charge in [0.25, 0.3) is 0 Å². The third-order valence-corrected chi connectivity index (χ3v) is 5.38. The fourth-order valence-corrected chi connectivity index (χ4v) is 4.09. The summed E-state index contributed by atoms with van der Waals surface area (Å²) in [7, 11) is 0. The minimum absolute atomic E-state index is 0.429. The van der Waals surface area contributed by atoms with Crippen molar-refractivity contribution in [2.75, 3.05) is 44.8 Å². The maximum atomic E-state index is 6.07. The van der Waals surface area contributed by atoms with Gasteiger partial charge >= 0.3 is 0 Å². The van der Waals surface area contributed by atoms with E-state index in [1.165, 1.54) is 19.4 Å². The summed E-state index contributed by atoms with van der Waals surface area (Å²) in [6, 6.07) is 6.69. The molecule has 22 heavy (non-hydrogen) atoms. The number of anilines is 1. The Bertz CT molecular complexity index is 478. The van der Waals surface area contributed by atoms with Gasteiger partial charge in [-0.05, 0) is 25.0 Å². The smallest absolute Gasteiger partial charge is 0.125 e. The lowest BCUT2D eigenvalue weighted by molar-refractivity contribution is 0.0286. The molecule has 1 N–H and O–H groups in total. The van der Waals surface area contributed by atoms with Crippen LogP contribution in [-0.2, 0) is 9.47 Å². The van der Waals surface area contributed by atoms with Gasteiger partial charge in [-0.3, -0.25) is 4.90 Å². The Hall–Kier alpha value is -1.17. The number of fused-ring (bicyclic) bond motifs is 1. The van der Waals surface area contributed by atoms with Crippen molar-refractivity contribution in [1.29, 1.82) is 0 Å². The highest BCUT2D eigenvalue weighted by atomic mass is 16.5. The molecule has 0 amide bonds. The summed E-state index contributed by atoms with van der Waals surface area (Å²) in [5, 5.41) is 3.46. The Balaban J connectivity index is 1.32. The van der Waals surface area contributed by atoms with Crippen molar-refractivity contribution < 1.29 is 9.47 Å². The molecule has 3 aliphatic rings. The lowest BCUT2D eigenvalue weighted by Crippen LogP contribution is -2.39.